The maximum atomic E-state index is 12.2. The summed E-state index contributed by atoms with van der Waals surface area (Å²) in [5, 5.41) is 6.31. The van der Waals surface area contributed by atoms with Crippen molar-refractivity contribution in [2.75, 3.05) is 12.4 Å². The van der Waals surface area contributed by atoms with E-state index >= 15 is 0 Å². The lowest BCUT2D eigenvalue weighted by Gasteiger charge is -2.11. The molecule has 152 valence electrons. The van der Waals surface area contributed by atoms with Crippen LogP contribution in [-0.2, 0) is 4.79 Å². The molecule has 0 aliphatic rings. The van der Waals surface area contributed by atoms with Crippen LogP contribution in [0.15, 0.2) is 70.1 Å². The van der Waals surface area contributed by atoms with Crippen LogP contribution in [-0.4, -0.2) is 29.5 Å². The number of thioether (sulfide) groups is 1. The molecule has 0 spiro atoms. The first-order valence-corrected chi connectivity index (χ1v) is 11.5. The van der Waals surface area contributed by atoms with Gasteiger partial charge in [-0.15, -0.1) is 11.3 Å². The second-order valence-electron chi connectivity index (χ2n) is 6.58. The van der Waals surface area contributed by atoms with E-state index in [0.717, 1.165) is 43.1 Å². The number of thiazole rings is 1. The Hall–Kier alpha value is -2.90. The van der Waals surface area contributed by atoms with Crippen LogP contribution in [0.4, 0.5) is 0 Å². The van der Waals surface area contributed by atoms with Crippen LogP contribution in [0.1, 0.15) is 18.9 Å². The van der Waals surface area contributed by atoms with E-state index in [4.69, 9.17) is 4.74 Å². The number of carbonyl (C=O) groups is 1. The highest BCUT2D eigenvalue weighted by Crippen LogP contribution is 2.29. The third kappa shape index (κ3) is 4.80. The molecule has 0 fully saturated rings. The van der Waals surface area contributed by atoms with Gasteiger partial charge < -0.3 is 4.74 Å². The van der Waals surface area contributed by atoms with E-state index < -0.39 is 0 Å². The molecule has 0 aliphatic heterocycles. The van der Waals surface area contributed by atoms with Gasteiger partial charge in [-0.3, -0.25) is 4.79 Å². The Labute approximate surface area is 183 Å². The number of aromatic nitrogens is 1. The minimum absolute atomic E-state index is 0.174. The molecule has 5 nitrogen and oxygen atoms in total. The van der Waals surface area contributed by atoms with Gasteiger partial charge in [0.15, 0.2) is 4.34 Å². The molecule has 1 amide bonds. The van der Waals surface area contributed by atoms with Crippen molar-refractivity contribution >= 4 is 56.2 Å². The number of hydrogen-bond donors (Lipinski definition) is 1. The number of fused-ring (bicyclic) bond motifs is 2. The molecule has 0 radical (unpaired) electrons. The van der Waals surface area contributed by atoms with Crippen LogP contribution in [0.5, 0.6) is 5.75 Å². The molecule has 0 bridgehead atoms. The second-order valence-corrected chi connectivity index (χ2v) is 8.83. The van der Waals surface area contributed by atoms with Crippen molar-refractivity contribution < 1.29 is 9.53 Å². The number of nitrogens with zero attached hydrogens (tertiary/aromatic N) is 2. The SMILES string of the molecule is CCCOc1ccc2ccccc2c1/C=N/NC(=O)CSc1nc2ccccc2s1. The lowest BCUT2D eigenvalue weighted by atomic mass is 10.0. The molecule has 0 unspecified atom stereocenters. The minimum atomic E-state index is -0.174. The fourth-order valence-electron chi connectivity index (χ4n) is 2.99. The van der Waals surface area contributed by atoms with E-state index in [1.807, 2.05) is 60.7 Å². The van der Waals surface area contributed by atoms with Crippen LogP contribution >= 0.6 is 23.1 Å². The van der Waals surface area contributed by atoms with Gasteiger partial charge in [-0.1, -0.05) is 61.2 Å². The van der Waals surface area contributed by atoms with Crippen LogP contribution in [0.2, 0.25) is 0 Å². The van der Waals surface area contributed by atoms with E-state index in [0.29, 0.717) is 6.61 Å². The number of amides is 1. The standard InChI is InChI=1S/C23H21N3O2S2/c1-2-13-28-20-12-11-16-7-3-4-8-17(16)18(20)14-24-26-22(27)15-29-23-25-19-9-5-6-10-21(19)30-23/h3-12,14H,2,13,15H2,1H3,(H,26,27)/b24-14+. The molecule has 7 heteroatoms. The summed E-state index contributed by atoms with van der Waals surface area (Å²) in [6, 6.07) is 20.0. The summed E-state index contributed by atoms with van der Waals surface area (Å²) in [4.78, 5) is 16.8. The number of para-hydroxylation sites is 1. The Balaban J connectivity index is 1.42. The zero-order valence-corrected chi connectivity index (χ0v) is 18.1. The largest absolute Gasteiger partial charge is 0.493 e. The maximum absolute atomic E-state index is 12.2. The number of carbonyl (C=O) groups excluding carboxylic acids is 1. The Morgan fingerprint density at radius 2 is 2.00 bits per heavy atom. The van der Waals surface area contributed by atoms with Crippen LogP contribution < -0.4 is 10.2 Å². The summed E-state index contributed by atoms with van der Waals surface area (Å²) in [7, 11) is 0. The van der Waals surface area contributed by atoms with Crippen molar-refractivity contribution in [2.24, 2.45) is 5.10 Å². The van der Waals surface area contributed by atoms with Crippen molar-refractivity contribution in [3.8, 4) is 5.75 Å². The smallest absolute Gasteiger partial charge is 0.250 e. The van der Waals surface area contributed by atoms with Crippen molar-refractivity contribution in [2.45, 2.75) is 17.7 Å². The molecule has 0 aliphatic carbocycles. The average Bonchev–Trinajstić information content (AvgIpc) is 3.20. The monoisotopic (exact) mass is 435 g/mol. The second kappa shape index (κ2) is 9.73. The number of ether oxygens (including phenoxy) is 1. The van der Waals surface area contributed by atoms with Crippen LogP contribution in [0.25, 0.3) is 21.0 Å². The number of hydrogen-bond acceptors (Lipinski definition) is 6. The third-order valence-corrected chi connectivity index (χ3v) is 6.56. The van der Waals surface area contributed by atoms with Gasteiger partial charge in [0, 0.05) is 5.56 Å². The molecule has 1 N–H and O–H groups in total. The van der Waals surface area contributed by atoms with E-state index in [2.05, 4.69) is 22.4 Å². The van der Waals surface area contributed by atoms with Gasteiger partial charge in [0.1, 0.15) is 5.75 Å². The fraction of sp³-hybridized carbons (Fsp3) is 0.174. The predicted octanol–water partition coefficient (Wildman–Crippen LogP) is 5.48. The first-order valence-electron chi connectivity index (χ1n) is 9.69. The molecular weight excluding hydrogens is 414 g/mol. The molecular formula is C23H21N3O2S2. The Morgan fingerprint density at radius 3 is 2.87 bits per heavy atom. The van der Waals surface area contributed by atoms with E-state index in [1.54, 1.807) is 17.6 Å². The predicted molar refractivity (Wildman–Crippen MR) is 126 cm³/mol. The fourth-order valence-corrected chi connectivity index (χ4v) is 4.85. The van der Waals surface area contributed by atoms with Gasteiger partial charge in [-0.25, -0.2) is 10.4 Å². The first-order chi connectivity index (χ1) is 14.7. The molecule has 1 heterocycles. The molecule has 4 aromatic rings. The lowest BCUT2D eigenvalue weighted by molar-refractivity contribution is -0.118. The molecule has 4 rings (SSSR count). The summed E-state index contributed by atoms with van der Waals surface area (Å²) in [6.45, 7) is 2.70. The summed E-state index contributed by atoms with van der Waals surface area (Å²) in [5.74, 6) is 0.843. The summed E-state index contributed by atoms with van der Waals surface area (Å²) in [5.41, 5.74) is 4.43. The normalized spacial score (nSPS) is 11.4. The van der Waals surface area contributed by atoms with E-state index in [9.17, 15) is 4.79 Å². The topological polar surface area (TPSA) is 63.6 Å². The number of hydrazone groups is 1. The van der Waals surface area contributed by atoms with Gasteiger partial charge in [0.2, 0.25) is 0 Å². The molecule has 0 saturated heterocycles. The summed E-state index contributed by atoms with van der Waals surface area (Å²) < 4.78 is 7.87. The number of nitrogens with one attached hydrogen (secondary N) is 1. The van der Waals surface area contributed by atoms with Crippen molar-refractivity contribution in [1.29, 1.82) is 0 Å². The van der Waals surface area contributed by atoms with Gasteiger partial charge in [-0.2, -0.15) is 5.10 Å². The van der Waals surface area contributed by atoms with Gasteiger partial charge in [0.25, 0.3) is 5.91 Å². The molecule has 0 atom stereocenters. The molecule has 1 aromatic heterocycles. The Kier molecular flexibility index (Phi) is 6.61. The maximum Gasteiger partial charge on any atom is 0.250 e. The first kappa shape index (κ1) is 20.4. The highest BCUT2D eigenvalue weighted by Gasteiger charge is 2.09. The van der Waals surface area contributed by atoms with Crippen LogP contribution in [0.3, 0.4) is 0 Å². The van der Waals surface area contributed by atoms with Crippen molar-refractivity contribution in [1.82, 2.24) is 10.4 Å². The average molecular weight is 436 g/mol. The zero-order valence-electron chi connectivity index (χ0n) is 16.5. The van der Waals surface area contributed by atoms with E-state index in [-0.39, 0.29) is 11.7 Å². The molecule has 0 saturated carbocycles. The zero-order chi connectivity index (χ0) is 20.8. The van der Waals surface area contributed by atoms with Gasteiger partial charge in [-0.05, 0) is 35.4 Å². The number of rotatable bonds is 8. The summed E-state index contributed by atoms with van der Waals surface area (Å²) >= 11 is 3.00. The summed E-state index contributed by atoms with van der Waals surface area (Å²) in [6.07, 6.45) is 2.58. The van der Waals surface area contributed by atoms with Crippen molar-refractivity contribution in [3.05, 3.63) is 66.2 Å². The highest BCUT2D eigenvalue weighted by atomic mass is 32.2. The Morgan fingerprint density at radius 1 is 1.17 bits per heavy atom. The highest BCUT2D eigenvalue weighted by molar-refractivity contribution is 8.01. The lowest BCUT2D eigenvalue weighted by Crippen LogP contribution is -2.19. The molecule has 3 aromatic carbocycles. The molecule has 30 heavy (non-hydrogen) atoms. The minimum Gasteiger partial charge on any atom is -0.493 e. The van der Waals surface area contributed by atoms with Gasteiger partial charge >= 0.3 is 0 Å². The van der Waals surface area contributed by atoms with Crippen LogP contribution in [0, 0.1) is 0 Å². The van der Waals surface area contributed by atoms with E-state index in [1.165, 1.54) is 11.8 Å². The third-order valence-electron chi connectivity index (χ3n) is 4.38. The Bertz CT molecular complexity index is 1170. The van der Waals surface area contributed by atoms with Crippen molar-refractivity contribution in [3.63, 3.8) is 0 Å². The van der Waals surface area contributed by atoms with Gasteiger partial charge in [0.05, 0.1) is 28.8 Å². The number of benzene rings is 3. The quantitative estimate of drug-likeness (QED) is 0.226.